The number of hydrogen-bond donors (Lipinski definition) is 2. The number of nitrogens with one attached hydrogen (secondary N) is 1. The first-order valence-corrected chi connectivity index (χ1v) is 4.72. The van der Waals surface area contributed by atoms with Gasteiger partial charge in [0.1, 0.15) is 11.9 Å². The summed E-state index contributed by atoms with van der Waals surface area (Å²) in [6.07, 6.45) is 0. The van der Waals surface area contributed by atoms with Gasteiger partial charge in [-0.2, -0.15) is 0 Å². The molecule has 0 bridgehead atoms. The van der Waals surface area contributed by atoms with Crippen molar-refractivity contribution in [1.29, 1.82) is 0 Å². The van der Waals surface area contributed by atoms with Gasteiger partial charge in [-0.1, -0.05) is 12.1 Å². The van der Waals surface area contributed by atoms with Gasteiger partial charge in [-0.15, -0.1) is 0 Å². The fourth-order valence-electron chi connectivity index (χ4n) is 1.16. The first-order chi connectivity index (χ1) is 7.43. The molecule has 0 aromatic heterocycles. The zero-order valence-electron chi connectivity index (χ0n) is 8.95. The average Bonchev–Trinajstić information content (AvgIpc) is 2.21. The molecule has 0 saturated heterocycles. The number of rotatable bonds is 3. The standard InChI is InChI=1S/C11H12FNO3/c1-6-4-3-5-8(9(6)12)10(14)13-7(2)11(15)16/h3-5,7H,1-2H3,(H,13,14)(H,15,16)/t7-/m1/s1. The van der Waals surface area contributed by atoms with Crippen molar-refractivity contribution >= 4 is 11.9 Å². The van der Waals surface area contributed by atoms with Crippen LogP contribution in [-0.4, -0.2) is 23.0 Å². The van der Waals surface area contributed by atoms with Crippen LogP contribution in [0.4, 0.5) is 4.39 Å². The van der Waals surface area contributed by atoms with Crippen molar-refractivity contribution in [3.8, 4) is 0 Å². The Bertz CT molecular complexity index is 431. The van der Waals surface area contributed by atoms with Crippen molar-refractivity contribution in [3.05, 3.63) is 35.1 Å². The lowest BCUT2D eigenvalue weighted by Gasteiger charge is -2.10. The predicted molar refractivity (Wildman–Crippen MR) is 55.7 cm³/mol. The Morgan fingerprint density at radius 1 is 1.44 bits per heavy atom. The van der Waals surface area contributed by atoms with Crippen LogP contribution in [0.1, 0.15) is 22.8 Å². The van der Waals surface area contributed by atoms with Gasteiger partial charge in [-0.05, 0) is 25.5 Å². The topological polar surface area (TPSA) is 66.4 Å². The van der Waals surface area contributed by atoms with Gasteiger partial charge in [0, 0.05) is 0 Å². The minimum absolute atomic E-state index is 0.145. The Kier molecular flexibility index (Phi) is 3.60. The molecule has 5 heteroatoms. The second kappa shape index (κ2) is 4.74. The third-order valence-electron chi connectivity index (χ3n) is 2.15. The highest BCUT2D eigenvalue weighted by atomic mass is 19.1. The highest BCUT2D eigenvalue weighted by Crippen LogP contribution is 2.11. The molecule has 0 heterocycles. The number of amides is 1. The maximum Gasteiger partial charge on any atom is 0.325 e. The molecule has 1 amide bonds. The third-order valence-corrected chi connectivity index (χ3v) is 2.15. The number of carboxylic acid groups (broad SMARTS) is 1. The van der Waals surface area contributed by atoms with Gasteiger partial charge >= 0.3 is 5.97 Å². The van der Waals surface area contributed by atoms with Gasteiger partial charge in [0.25, 0.3) is 5.91 Å². The lowest BCUT2D eigenvalue weighted by molar-refractivity contribution is -0.138. The molecule has 0 aliphatic heterocycles. The summed E-state index contributed by atoms with van der Waals surface area (Å²) in [7, 11) is 0. The van der Waals surface area contributed by atoms with Crippen LogP contribution in [0.3, 0.4) is 0 Å². The Balaban J connectivity index is 2.89. The minimum atomic E-state index is -1.17. The molecule has 0 radical (unpaired) electrons. The predicted octanol–water partition coefficient (Wildman–Crippen LogP) is 1.34. The van der Waals surface area contributed by atoms with Crippen molar-refractivity contribution in [3.63, 3.8) is 0 Å². The molecule has 0 aliphatic rings. The van der Waals surface area contributed by atoms with Crippen LogP contribution in [0.15, 0.2) is 18.2 Å². The first kappa shape index (κ1) is 12.2. The van der Waals surface area contributed by atoms with E-state index in [9.17, 15) is 14.0 Å². The maximum atomic E-state index is 13.5. The number of carbonyl (C=O) groups is 2. The molecule has 0 spiro atoms. The molecule has 1 aromatic rings. The summed E-state index contributed by atoms with van der Waals surface area (Å²) in [6, 6.07) is 3.34. The number of benzene rings is 1. The van der Waals surface area contributed by atoms with Gasteiger partial charge in [0.05, 0.1) is 5.56 Å². The molecule has 1 atom stereocenters. The van der Waals surface area contributed by atoms with Gasteiger partial charge in [0.15, 0.2) is 0 Å². The number of carboxylic acids is 1. The summed E-state index contributed by atoms with van der Waals surface area (Å²) >= 11 is 0. The quantitative estimate of drug-likeness (QED) is 0.815. The van der Waals surface area contributed by atoms with Crippen LogP contribution >= 0.6 is 0 Å². The fraction of sp³-hybridized carbons (Fsp3) is 0.273. The molecular formula is C11H12FNO3. The highest BCUT2D eigenvalue weighted by molar-refractivity contribution is 5.96. The van der Waals surface area contributed by atoms with Crippen LogP contribution < -0.4 is 5.32 Å². The van der Waals surface area contributed by atoms with Crippen LogP contribution in [-0.2, 0) is 4.79 Å². The molecule has 1 rings (SSSR count). The maximum absolute atomic E-state index is 13.5. The summed E-state index contributed by atoms with van der Waals surface area (Å²) in [5.41, 5.74) is 0.198. The average molecular weight is 225 g/mol. The summed E-state index contributed by atoms with van der Waals surface area (Å²) < 4.78 is 13.5. The molecule has 0 unspecified atom stereocenters. The number of carbonyl (C=O) groups excluding carboxylic acids is 1. The molecule has 1 aromatic carbocycles. The van der Waals surface area contributed by atoms with Gasteiger partial charge in [0.2, 0.25) is 0 Å². The number of aliphatic carboxylic acids is 1. The van der Waals surface area contributed by atoms with E-state index in [0.717, 1.165) is 0 Å². The molecule has 0 fully saturated rings. The SMILES string of the molecule is Cc1cccc(C(=O)N[C@H](C)C(=O)O)c1F. The van der Waals surface area contributed by atoms with Crippen molar-refractivity contribution in [1.82, 2.24) is 5.32 Å². The lowest BCUT2D eigenvalue weighted by Crippen LogP contribution is -2.38. The third kappa shape index (κ3) is 2.56. The first-order valence-electron chi connectivity index (χ1n) is 4.72. The van der Waals surface area contributed by atoms with Gasteiger partial charge in [-0.25, -0.2) is 4.39 Å². The second-order valence-electron chi connectivity index (χ2n) is 3.47. The van der Waals surface area contributed by atoms with Crippen LogP contribution in [0.25, 0.3) is 0 Å². The molecule has 0 saturated carbocycles. The molecule has 16 heavy (non-hydrogen) atoms. The van der Waals surface area contributed by atoms with Crippen molar-refractivity contribution in [2.75, 3.05) is 0 Å². The van der Waals surface area contributed by atoms with E-state index in [0.29, 0.717) is 5.56 Å². The van der Waals surface area contributed by atoms with E-state index < -0.39 is 23.7 Å². The molecule has 2 N–H and O–H groups in total. The van der Waals surface area contributed by atoms with Crippen molar-refractivity contribution in [2.24, 2.45) is 0 Å². The molecule has 0 aliphatic carbocycles. The van der Waals surface area contributed by atoms with E-state index in [-0.39, 0.29) is 5.56 Å². The monoisotopic (exact) mass is 225 g/mol. The number of aryl methyl sites for hydroxylation is 1. The molecule has 4 nitrogen and oxygen atoms in total. The highest BCUT2D eigenvalue weighted by Gasteiger charge is 2.18. The number of halogens is 1. The summed E-state index contributed by atoms with van der Waals surface area (Å²) in [5, 5.41) is 10.8. The number of hydrogen-bond acceptors (Lipinski definition) is 2. The molecule has 86 valence electrons. The largest absolute Gasteiger partial charge is 0.480 e. The van der Waals surface area contributed by atoms with Gasteiger partial charge < -0.3 is 10.4 Å². The van der Waals surface area contributed by atoms with E-state index >= 15 is 0 Å². The Morgan fingerprint density at radius 2 is 2.06 bits per heavy atom. The van der Waals surface area contributed by atoms with Crippen LogP contribution in [0.2, 0.25) is 0 Å². The van der Waals surface area contributed by atoms with E-state index in [1.54, 1.807) is 6.07 Å². The van der Waals surface area contributed by atoms with Crippen molar-refractivity contribution in [2.45, 2.75) is 19.9 Å². The van der Waals surface area contributed by atoms with Crippen molar-refractivity contribution < 1.29 is 19.1 Å². The lowest BCUT2D eigenvalue weighted by atomic mass is 10.1. The van der Waals surface area contributed by atoms with Crippen LogP contribution in [0, 0.1) is 12.7 Å². The molecular weight excluding hydrogens is 213 g/mol. The van der Waals surface area contributed by atoms with E-state index in [2.05, 4.69) is 5.32 Å². The second-order valence-corrected chi connectivity index (χ2v) is 3.47. The normalized spacial score (nSPS) is 11.9. The Morgan fingerprint density at radius 3 is 2.62 bits per heavy atom. The minimum Gasteiger partial charge on any atom is -0.480 e. The van der Waals surface area contributed by atoms with E-state index in [1.165, 1.54) is 26.0 Å². The van der Waals surface area contributed by atoms with E-state index in [4.69, 9.17) is 5.11 Å². The Labute approximate surface area is 92.1 Å². The summed E-state index contributed by atoms with van der Waals surface area (Å²) in [6.45, 7) is 2.85. The zero-order chi connectivity index (χ0) is 12.3. The Hall–Kier alpha value is -1.91. The fourth-order valence-corrected chi connectivity index (χ4v) is 1.16. The zero-order valence-corrected chi connectivity index (χ0v) is 8.95. The summed E-state index contributed by atoms with van der Waals surface area (Å²) in [5.74, 6) is -2.52. The smallest absolute Gasteiger partial charge is 0.325 e. The van der Waals surface area contributed by atoms with Gasteiger partial charge in [-0.3, -0.25) is 9.59 Å². The summed E-state index contributed by atoms with van der Waals surface area (Å²) in [4.78, 5) is 22.0. The van der Waals surface area contributed by atoms with Crippen LogP contribution in [0.5, 0.6) is 0 Å². The van der Waals surface area contributed by atoms with E-state index in [1.807, 2.05) is 0 Å².